The molecular weight excluding hydrogens is 233 g/mol. The van der Waals surface area contributed by atoms with Gasteiger partial charge in [0.05, 0.1) is 0 Å². The molecule has 0 saturated carbocycles. The summed E-state index contributed by atoms with van der Waals surface area (Å²) >= 11 is 0. The van der Waals surface area contributed by atoms with Crippen molar-refractivity contribution in [1.29, 1.82) is 5.26 Å². The van der Waals surface area contributed by atoms with E-state index >= 15 is 0 Å². The van der Waals surface area contributed by atoms with E-state index in [0.29, 0.717) is 5.40 Å². The van der Waals surface area contributed by atoms with Crippen LogP contribution in [0.15, 0.2) is 0 Å². The second-order valence-electron chi connectivity index (χ2n) is 0.566. The Morgan fingerprint density at radius 3 is 1.50 bits per heavy atom. The van der Waals surface area contributed by atoms with E-state index < -0.39 is 10.1 Å². The molecule has 8 heavy (non-hydrogen) atoms. The molecule has 0 bridgehead atoms. The smallest absolute Gasteiger partial charge is 0.274 e. The van der Waals surface area contributed by atoms with Gasteiger partial charge in [-0.05, 0) is 0 Å². The predicted molar refractivity (Wildman–Crippen MR) is 17.2 cm³/mol. The Morgan fingerprint density at radius 1 is 1.38 bits per heavy atom. The van der Waals surface area contributed by atoms with Crippen LogP contribution in [-0.2, 0) is 44.3 Å². The molecule has 0 aromatic carbocycles. The fourth-order valence-corrected chi connectivity index (χ4v) is 0. The summed E-state index contributed by atoms with van der Waals surface area (Å²) in [6, 6.07) is 0. The van der Waals surface area contributed by atoms with Crippen LogP contribution in [-0.4, -0.2) is 13.0 Å². The molecule has 0 unspecified atom stereocenters. The molecule has 0 aromatic rings. The first-order valence-corrected chi connectivity index (χ1v) is 2.38. The van der Waals surface area contributed by atoms with Crippen molar-refractivity contribution < 1.29 is 47.1 Å². The molecule has 0 atom stereocenters. The fraction of sp³-hybridized carbons (Fsp3) is 0. The third-order valence-corrected chi connectivity index (χ3v) is 0.346. The third kappa shape index (κ3) is 16.1. The van der Waals surface area contributed by atoms with E-state index in [1.165, 1.54) is 0 Å². The molecule has 0 aliphatic heterocycles. The molecule has 4 nitrogen and oxygen atoms in total. The predicted octanol–water partition coefficient (Wildman–Crippen LogP) is -0.650. The summed E-state index contributed by atoms with van der Waals surface area (Å²) in [7, 11) is -4.36. The molecule has 0 saturated heterocycles. The van der Waals surface area contributed by atoms with E-state index in [9.17, 15) is 8.42 Å². The summed E-state index contributed by atoms with van der Waals surface area (Å²) in [5.74, 6) is 0. The molecule has 0 aromatic heterocycles. The Morgan fingerprint density at radius 2 is 1.50 bits per heavy atom. The molecule has 0 amide bonds. The van der Waals surface area contributed by atoms with Crippen molar-refractivity contribution in [2.75, 3.05) is 0 Å². The minimum Gasteiger partial charge on any atom is -0.274 e. The van der Waals surface area contributed by atoms with Crippen LogP contribution in [0.4, 0.5) is 0 Å². The van der Waals surface area contributed by atoms with Crippen LogP contribution in [0.1, 0.15) is 0 Å². The summed E-state index contributed by atoms with van der Waals surface area (Å²) in [4.78, 5) is 0. The van der Waals surface area contributed by atoms with Crippen LogP contribution in [0.2, 0.25) is 0 Å². The molecular formula is CHCu2NO3S. The van der Waals surface area contributed by atoms with Crippen molar-refractivity contribution in [3.05, 3.63) is 0 Å². The molecule has 7 heteroatoms. The number of hydrogen-bond donors (Lipinski definition) is 1. The van der Waals surface area contributed by atoms with E-state index in [2.05, 4.69) is 0 Å². The van der Waals surface area contributed by atoms with Crippen molar-refractivity contribution >= 4 is 10.1 Å². The molecule has 2 radical (unpaired) electrons. The van der Waals surface area contributed by atoms with Gasteiger partial charge < -0.3 is 0 Å². The normalized spacial score (nSPS) is 7.50. The number of rotatable bonds is 0. The minimum atomic E-state index is -4.36. The fourth-order valence-electron chi connectivity index (χ4n) is 0. The van der Waals surface area contributed by atoms with Crippen molar-refractivity contribution in [2.24, 2.45) is 0 Å². The van der Waals surface area contributed by atoms with Gasteiger partial charge >= 0.3 is 10.1 Å². The van der Waals surface area contributed by atoms with Crippen molar-refractivity contribution in [1.82, 2.24) is 0 Å². The molecule has 0 heterocycles. The summed E-state index contributed by atoms with van der Waals surface area (Å²) < 4.78 is 25.8. The summed E-state index contributed by atoms with van der Waals surface area (Å²) in [6.07, 6.45) is 0. The molecule has 1 N–H and O–H groups in total. The van der Waals surface area contributed by atoms with Crippen LogP contribution in [0.5, 0.6) is 0 Å². The quantitative estimate of drug-likeness (QED) is 0.261. The van der Waals surface area contributed by atoms with Gasteiger partial charge in [0.25, 0.3) is 0 Å². The second kappa shape index (κ2) is 5.57. The third-order valence-electron chi connectivity index (χ3n) is 0.115. The topological polar surface area (TPSA) is 78.2 Å². The van der Waals surface area contributed by atoms with Crippen molar-refractivity contribution in [2.45, 2.75) is 0 Å². The maximum atomic E-state index is 9.19. The summed E-state index contributed by atoms with van der Waals surface area (Å²) in [6.45, 7) is 0. The van der Waals surface area contributed by atoms with Gasteiger partial charge in [-0.1, -0.05) is 0 Å². The Kier molecular flexibility index (Phi) is 11.0. The minimum absolute atomic E-state index is 0. The van der Waals surface area contributed by atoms with Gasteiger partial charge in [-0.2, -0.15) is 13.7 Å². The average molecular weight is 234 g/mol. The van der Waals surface area contributed by atoms with Crippen LogP contribution >= 0.6 is 0 Å². The van der Waals surface area contributed by atoms with E-state index in [1.807, 2.05) is 0 Å². The molecule has 0 fully saturated rings. The van der Waals surface area contributed by atoms with E-state index in [0.717, 1.165) is 0 Å². The maximum absolute atomic E-state index is 9.19. The molecule has 0 aliphatic carbocycles. The van der Waals surface area contributed by atoms with Gasteiger partial charge in [-0.3, -0.25) is 4.55 Å². The molecule has 0 rings (SSSR count). The summed E-state index contributed by atoms with van der Waals surface area (Å²) in [5.41, 5.74) is 0. The van der Waals surface area contributed by atoms with Crippen LogP contribution in [0.25, 0.3) is 0 Å². The monoisotopic (exact) mass is 233 g/mol. The first-order chi connectivity index (χ1) is 2.56. The van der Waals surface area contributed by atoms with E-state index in [-0.39, 0.29) is 34.1 Å². The van der Waals surface area contributed by atoms with Gasteiger partial charge in [-0.25, -0.2) is 0 Å². The Balaban J connectivity index is -0.000000125. The standard InChI is InChI=1S/CHNO3S.2Cu/c2-1-6(3,4)5;;/h(H,3,4,5);;. The van der Waals surface area contributed by atoms with Crippen molar-refractivity contribution in [3.8, 4) is 5.40 Å². The first-order valence-electron chi connectivity index (χ1n) is 0.944. The van der Waals surface area contributed by atoms with E-state index in [4.69, 9.17) is 9.81 Å². The number of nitrogens with zero attached hydrogens (tertiary/aromatic N) is 1. The Labute approximate surface area is 68.0 Å². The van der Waals surface area contributed by atoms with Gasteiger partial charge in [0.15, 0.2) is 0 Å². The Hall–Kier alpha value is 0.439. The van der Waals surface area contributed by atoms with Gasteiger partial charge in [0.2, 0.25) is 5.40 Å². The zero-order valence-corrected chi connectivity index (χ0v) is 5.92. The second-order valence-corrected chi connectivity index (χ2v) is 1.70. The van der Waals surface area contributed by atoms with Crippen LogP contribution in [0, 0.1) is 10.7 Å². The molecule has 56 valence electrons. The van der Waals surface area contributed by atoms with Crippen molar-refractivity contribution in [3.63, 3.8) is 0 Å². The summed E-state index contributed by atoms with van der Waals surface area (Å²) in [5, 5.41) is 7.95. The first kappa shape index (κ1) is 15.8. The maximum Gasteiger partial charge on any atom is 0.360 e. The van der Waals surface area contributed by atoms with Gasteiger partial charge in [-0.15, -0.1) is 0 Å². The SMILES string of the molecule is N#CS(=O)(=O)O.[Cu].[Cu]. The molecule has 0 spiro atoms. The number of hydrogen-bond acceptors (Lipinski definition) is 3. The van der Waals surface area contributed by atoms with E-state index in [1.54, 1.807) is 0 Å². The largest absolute Gasteiger partial charge is 0.360 e. The number of thiocyanates is 1. The number of nitriles is 1. The average Bonchev–Trinajstić information content (AvgIpc) is 1.35. The van der Waals surface area contributed by atoms with Gasteiger partial charge in [0.1, 0.15) is 0 Å². The molecule has 0 aliphatic rings. The zero-order chi connectivity index (χ0) is 5.21. The Bertz CT molecular complexity index is 166. The van der Waals surface area contributed by atoms with Gasteiger partial charge in [0, 0.05) is 34.1 Å². The van der Waals surface area contributed by atoms with Crippen LogP contribution < -0.4 is 0 Å². The van der Waals surface area contributed by atoms with Crippen LogP contribution in [0.3, 0.4) is 0 Å². The zero-order valence-electron chi connectivity index (χ0n) is 3.22.